The van der Waals surface area contributed by atoms with Crippen LogP contribution in [0.2, 0.25) is 0 Å². The van der Waals surface area contributed by atoms with E-state index in [2.05, 4.69) is 0 Å². The van der Waals surface area contributed by atoms with E-state index in [1.54, 1.807) is 12.1 Å². The van der Waals surface area contributed by atoms with E-state index in [-0.39, 0.29) is 51.8 Å². The molecule has 0 unspecified atom stereocenters. The van der Waals surface area contributed by atoms with Gasteiger partial charge in [-0.05, 0) is 12.1 Å². The van der Waals surface area contributed by atoms with Gasteiger partial charge in [-0.25, -0.2) is 0 Å². The van der Waals surface area contributed by atoms with Crippen molar-refractivity contribution in [1.82, 2.24) is 0 Å². The second kappa shape index (κ2) is 5.60. The van der Waals surface area contributed by atoms with E-state index in [1.807, 2.05) is 0 Å². The van der Waals surface area contributed by atoms with Gasteiger partial charge in [0.25, 0.3) is 10.1 Å². The fraction of sp³-hybridized carbons (Fsp3) is 0. The first-order valence-electron chi connectivity index (χ1n) is 5.90. The Morgan fingerprint density at radius 1 is 0.864 bits per heavy atom. The first-order chi connectivity index (χ1) is 9.82. The van der Waals surface area contributed by atoms with Gasteiger partial charge >= 0.3 is 0 Å². The van der Waals surface area contributed by atoms with Gasteiger partial charge in [0.15, 0.2) is 11.6 Å². The number of fused-ring (bicyclic) bond motifs is 2. The summed E-state index contributed by atoms with van der Waals surface area (Å²) < 4.78 is 31.6. The Morgan fingerprint density at radius 2 is 1.41 bits per heavy atom. The van der Waals surface area contributed by atoms with Crippen LogP contribution in [0.5, 0.6) is 0 Å². The molecule has 0 aromatic heterocycles. The smallest absolute Gasteiger partial charge is 0.296 e. The number of nitrogen functional groups attached to an aromatic ring is 1. The van der Waals surface area contributed by atoms with Crippen LogP contribution in [-0.4, -0.2) is 54.1 Å². The third kappa shape index (κ3) is 2.41. The number of carbonyl (C=O) groups is 2. The quantitative estimate of drug-likeness (QED) is 0.390. The third-order valence-corrected chi connectivity index (χ3v) is 4.28. The van der Waals surface area contributed by atoms with E-state index in [0.29, 0.717) is 0 Å². The third-order valence-electron chi connectivity index (χ3n) is 3.37. The van der Waals surface area contributed by atoms with Crippen LogP contribution >= 0.6 is 0 Å². The summed E-state index contributed by atoms with van der Waals surface area (Å²) in [7, 11) is -4.57. The summed E-state index contributed by atoms with van der Waals surface area (Å²) in [6, 6.07) is 8.42. The minimum atomic E-state index is -4.57. The van der Waals surface area contributed by atoms with Gasteiger partial charge in [0, 0.05) is 46.2 Å². The first kappa shape index (κ1) is 16.9. The maximum atomic E-state index is 12.4. The Bertz CT molecular complexity index is 921. The number of ketones is 2. The second-order valence-corrected chi connectivity index (χ2v) is 5.97. The maximum Gasteiger partial charge on any atom is 0.296 e. The fourth-order valence-electron chi connectivity index (χ4n) is 2.42. The average molecular weight is 326 g/mol. The van der Waals surface area contributed by atoms with E-state index in [1.165, 1.54) is 18.2 Å². The minimum absolute atomic E-state index is 0. The molecule has 0 saturated carbocycles. The van der Waals surface area contributed by atoms with Crippen LogP contribution in [0, 0.1) is 0 Å². The molecule has 2 aromatic rings. The molecular weight excluding hydrogens is 317 g/mol. The van der Waals surface area contributed by atoms with Crippen LogP contribution in [0.4, 0.5) is 5.69 Å². The Labute approximate surface area is 148 Å². The molecule has 2 aromatic carbocycles. The zero-order valence-corrected chi connectivity index (χ0v) is 14.3. The van der Waals surface area contributed by atoms with Gasteiger partial charge in [-0.15, -0.1) is 0 Å². The SMILES string of the molecule is Nc1c(S(=O)(=O)O)ccc2c1C(=O)c1ccccc1C2=O.[Na]. The summed E-state index contributed by atoms with van der Waals surface area (Å²) >= 11 is 0. The number of nitrogens with two attached hydrogens (primary N) is 1. The monoisotopic (exact) mass is 326 g/mol. The number of benzene rings is 2. The Morgan fingerprint density at radius 3 is 1.95 bits per heavy atom. The van der Waals surface area contributed by atoms with Crippen molar-refractivity contribution < 1.29 is 22.6 Å². The summed E-state index contributed by atoms with van der Waals surface area (Å²) in [5.74, 6) is -0.947. The number of rotatable bonds is 1. The average Bonchev–Trinajstić information content (AvgIpc) is 2.43. The molecule has 0 spiro atoms. The molecule has 6 nitrogen and oxygen atoms in total. The molecule has 0 amide bonds. The van der Waals surface area contributed by atoms with Crippen LogP contribution in [-0.2, 0) is 10.1 Å². The van der Waals surface area contributed by atoms with Gasteiger partial charge in [-0.1, -0.05) is 24.3 Å². The Balaban J connectivity index is 0.00000176. The molecule has 107 valence electrons. The normalized spacial score (nSPS) is 13.1. The molecule has 1 aliphatic rings. The topological polar surface area (TPSA) is 115 Å². The number of carbonyl (C=O) groups excluding carboxylic acids is 2. The zero-order chi connectivity index (χ0) is 15.4. The molecular formula is C14H9NNaO5S. The first-order valence-corrected chi connectivity index (χ1v) is 7.35. The van der Waals surface area contributed by atoms with Crippen LogP contribution < -0.4 is 5.73 Å². The van der Waals surface area contributed by atoms with Crippen LogP contribution in [0.1, 0.15) is 31.8 Å². The molecule has 0 bridgehead atoms. The summed E-state index contributed by atoms with van der Waals surface area (Å²) in [5.41, 5.74) is 5.52. The van der Waals surface area contributed by atoms with Gasteiger partial charge in [-0.3, -0.25) is 14.1 Å². The van der Waals surface area contributed by atoms with Crippen molar-refractivity contribution in [1.29, 1.82) is 0 Å². The van der Waals surface area contributed by atoms with Crippen LogP contribution in [0.25, 0.3) is 0 Å². The Hall–Kier alpha value is -1.51. The molecule has 8 heteroatoms. The van der Waals surface area contributed by atoms with E-state index in [9.17, 15) is 18.0 Å². The summed E-state index contributed by atoms with van der Waals surface area (Å²) in [4.78, 5) is 24.2. The van der Waals surface area contributed by atoms with Crippen molar-refractivity contribution in [3.05, 3.63) is 58.7 Å². The van der Waals surface area contributed by atoms with E-state index < -0.39 is 32.3 Å². The largest absolute Gasteiger partial charge is 0.397 e. The van der Waals surface area contributed by atoms with Gasteiger partial charge in [0.2, 0.25) is 0 Å². The van der Waals surface area contributed by atoms with Gasteiger partial charge in [0.05, 0.1) is 11.3 Å². The molecule has 0 saturated heterocycles. The fourth-order valence-corrected chi connectivity index (χ4v) is 3.04. The van der Waals surface area contributed by atoms with Crippen molar-refractivity contribution >= 4 is 56.9 Å². The van der Waals surface area contributed by atoms with Crippen molar-refractivity contribution in [2.75, 3.05) is 5.73 Å². The molecule has 3 N–H and O–H groups in total. The van der Waals surface area contributed by atoms with Crippen molar-refractivity contribution in [2.45, 2.75) is 4.90 Å². The van der Waals surface area contributed by atoms with Crippen LogP contribution in [0.15, 0.2) is 41.3 Å². The minimum Gasteiger partial charge on any atom is -0.397 e. The van der Waals surface area contributed by atoms with E-state index >= 15 is 0 Å². The molecule has 0 fully saturated rings. The van der Waals surface area contributed by atoms with Crippen molar-refractivity contribution in [2.24, 2.45) is 0 Å². The molecule has 1 aliphatic carbocycles. The summed E-state index contributed by atoms with van der Waals surface area (Å²) in [5, 5.41) is 0. The molecule has 0 atom stereocenters. The van der Waals surface area contributed by atoms with Gasteiger partial charge < -0.3 is 5.73 Å². The Kier molecular flexibility index (Phi) is 4.29. The van der Waals surface area contributed by atoms with Crippen LogP contribution in [0.3, 0.4) is 0 Å². The predicted molar refractivity (Wildman–Crippen MR) is 79.7 cm³/mol. The number of hydrogen-bond acceptors (Lipinski definition) is 5. The van der Waals surface area contributed by atoms with Gasteiger partial charge in [0.1, 0.15) is 4.90 Å². The van der Waals surface area contributed by atoms with E-state index in [0.717, 1.165) is 6.07 Å². The van der Waals surface area contributed by atoms with E-state index in [4.69, 9.17) is 10.3 Å². The molecule has 3 rings (SSSR count). The number of hydrogen-bond donors (Lipinski definition) is 2. The second-order valence-electron chi connectivity index (χ2n) is 4.58. The standard InChI is InChI=1S/C14H9NO5S.Na/c15-12-10(21(18,19)20)6-5-9-11(12)14(17)8-4-2-1-3-7(8)13(9)16;/h1-6H,15H2,(H,18,19,20);. The van der Waals surface area contributed by atoms with Crippen molar-refractivity contribution in [3.63, 3.8) is 0 Å². The molecule has 0 heterocycles. The van der Waals surface area contributed by atoms with Gasteiger partial charge in [-0.2, -0.15) is 8.42 Å². The van der Waals surface area contributed by atoms with Crippen molar-refractivity contribution in [3.8, 4) is 0 Å². The molecule has 0 aliphatic heterocycles. The summed E-state index contributed by atoms with van der Waals surface area (Å²) in [6.45, 7) is 0. The molecule has 22 heavy (non-hydrogen) atoms. The predicted octanol–water partition coefficient (Wildman–Crippen LogP) is 0.910. The number of anilines is 1. The maximum absolute atomic E-state index is 12.4. The molecule has 1 radical (unpaired) electrons. The zero-order valence-electron chi connectivity index (χ0n) is 11.5. The summed E-state index contributed by atoms with van der Waals surface area (Å²) in [6.07, 6.45) is 0.